The van der Waals surface area contributed by atoms with Crippen LogP contribution in [0.4, 0.5) is 0 Å². The van der Waals surface area contributed by atoms with Crippen LogP contribution in [-0.4, -0.2) is 15.0 Å². The van der Waals surface area contributed by atoms with E-state index in [-0.39, 0.29) is 5.41 Å². The van der Waals surface area contributed by atoms with E-state index < -0.39 is 10.0 Å². The van der Waals surface area contributed by atoms with Gasteiger partial charge in [-0.2, -0.15) is 0 Å². The van der Waals surface area contributed by atoms with Crippen molar-refractivity contribution in [1.29, 1.82) is 0 Å². The van der Waals surface area contributed by atoms with Gasteiger partial charge in [0.05, 0.1) is 4.90 Å². The number of halogens is 1. The van der Waals surface area contributed by atoms with Gasteiger partial charge in [0.25, 0.3) is 0 Å². The first-order valence-electron chi connectivity index (χ1n) is 7.14. The van der Waals surface area contributed by atoms with Crippen LogP contribution in [0.25, 0.3) is 0 Å². The van der Waals surface area contributed by atoms with Gasteiger partial charge in [0.1, 0.15) is 0 Å². The predicted molar refractivity (Wildman–Crippen MR) is 85.3 cm³/mol. The van der Waals surface area contributed by atoms with Gasteiger partial charge in [-0.15, -0.1) is 0 Å². The Morgan fingerprint density at radius 1 is 1.30 bits per heavy atom. The normalized spacial score (nSPS) is 18.4. The standard InChI is InChI=1S/C15H22BrNO2S/c1-3-15(8-4-5-9-15)11-17-20(18,19)14-7-6-12(2)10-13(14)16/h6-7,10,17H,3-5,8-9,11H2,1-2H3. The third-order valence-corrected chi connectivity index (χ3v) is 6.81. The molecule has 0 aliphatic heterocycles. The first-order valence-corrected chi connectivity index (χ1v) is 9.42. The van der Waals surface area contributed by atoms with Crippen molar-refractivity contribution in [3.8, 4) is 0 Å². The van der Waals surface area contributed by atoms with Gasteiger partial charge in [0, 0.05) is 11.0 Å². The zero-order valence-electron chi connectivity index (χ0n) is 12.1. The average Bonchev–Trinajstić information content (AvgIpc) is 2.85. The summed E-state index contributed by atoms with van der Waals surface area (Å²) in [4.78, 5) is 0.326. The van der Waals surface area contributed by atoms with Crippen molar-refractivity contribution in [2.24, 2.45) is 5.41 Å². The van der Waals surface area contributed by atoms with Crippen LogP contribution in [0.15, 0.2) is 27.6 Å². The highest BCUT2D eigenvalue weighted by molar-refractivity contribution is 9.10. The van der Waals surface area contributed by atoms with E-state index in [0.29, 0.717) is 15.9 Å². The Morgan fingerprint density at radius 3 is 2.50 bits per heavy atom. The molecule has 1 aromatic carbocycles. The lowest BCUT2D eigenvalue weighted by Crippen LogP contribution is -2.35. The minimum atomic E-state index is -3.44. The third kappa shape index (κ3) is 3.43. The summed E-state index contributed by atoms with van der Waals surface area (Å²) in [5.41, 5.74) is 1.20. The lowest BCUT2D eigenvalue weighted by molar-refractivity contribution is 0.285. The lowest BCUT2D eigenvalue weighted by Gasteiger charge is -2.27. The minimum Gasteiger partial charge on any atom is -0.211 e. The first-order chi connectivity index (χ1) is 9.38. The van der Waals surface area contributed by atoms with Gasteiger partial charge >= 0.3 is 0 Å². The summed E-state index contributed by atoms with van der Waals surface area (Å²) in [6.07, 6.45) is 5.71. The SMILES string of the molecule is CCC1(CNS(=O)(=O)c2ccc(C)cc2Br)CCCC1. The molecule has 3 nitrogen and oxygen atoms in total. The number of nitrogens with one attached hydrogen (secondary N) is 1. The summed E-state index contributed by atoms with van der Waals surface area (Å²) in [5.74, 6) is 0. The Bertz CT molecular complexity index is 578. The quantitative estimate of drug-likeness (QED) is 0.863. The molecular formula is C15H22BrNO2S. The summed E-state index contributed by atoms with van der Waals surface area (Å²) in [6.45, 7) is 4.65. The first kappa shape index (κ1) is 16.0. The van der Waals surface area contributed by atoms with Crippen molar-refractivity contribution < 1.29 is 8.42 Å². The summed E-state index contributed by atoms with van der Waals surface area (Å²) < 4.78 is 28.3. The molecule has 1 aliphatic rings. The highest BCUT2D eigenvalue weighted by Gasteiger charge is 2.33. The van der Waals surface area contributed by atoms with Gasteiger partial charge < -0.3 is 0 Å². The molecule has 1 aromatic rings. The number of benzene rings is 1. The zero-order valence-corrected chi connectivity index (χ0v) is 14.5. The minimum absolute atomic E-state index is 0.157. The number of hydrogen-bond acceptors (Lipinski definition) is 2. The van der Waals surface area contributed by atoms with Crippen LogP contribution in [-0.2, 0) is 10.0 Å². The molecule has 2 rings (SSSR count). The summed E-state index contributed by atoms with van der Waals surface area (Å²) >= 11 is 3.35. The van der Waals surface area contributed by atoms with Gasteiger partial charge in [-0.1, -0.05) is 25.8 Å². The second-order valence-electron chi connectivity index (χ2n) is 5.82. The lowest BCUT2D eigenvalue weighted by atomic mass is 9.84. The Balaban J connectivity index is 2.15. The van der Waals surface area contributed by atoms with Gasteiger partial charge in [0.15, 0.2) is 0 Å². The molecule has 112 valence electrons. The van der Waals surface area contributed by atoms with Crippen molar-refractivity contribution in [3.63, 3.8) is 0 Å². The summed E-state index contributed by atoms with van der Waals surface area (Å²) in [6, 6.07) is 5.32. The fourth-order valence-corrected chi connectivity index (χ4v) is 5.28. The molecule has 1 saturated carbocycles. The van der Waals surface area contributed by atoms with E-state index in [9.17, 15) is 8.42 Å². The summed E-state index contributed by atoms with van der Waals surface area (Å²) in [7, 11) is -3.44. The molecule has 1 aliphatic carbocycles. The van der Waals surface area contributed by atoms with Crippen molar-refractivity contribution >= 4 is 26.0 Å². The van der Waals surface area contributed by atoms with Crippen LogP contribution in [0.2, 0.25) is 0 Å². The molecule has 0 spiro atoms. The highest BCUT2D eigenvalue weighted by atomic mass is 79.9. The van der Waals surface area contributed by atoms with Crippen molar-refractivity contribution in [2.45, 2.75) is 50.8 Å². The maximum atomic E-state index is 12.4. The monoisotopic (exact) mass is 359 g/mol. The van der Waals surface area contributed by atoms with Crippen LogP contribution in [0, 0.1) is 12.3 Å². The Morgan fingerprint density at radius 2 is 1.95 bits per heavy atom. The smallest absolute Gasteiger partial charge is 0.211 e. The number of sulfonamides is 1. The van der Waals surface area contributed by atoms with E-state index in [4.69, 9.17) is 0 Å². The fraction of sp³-hybridized carbons (Fsp3) is 0.600. The van der Waals surface area contributed by atoms with E-state index in [1.807, 2.05) is 19.1 Å². The second-order valence-corrected chi connectivity index (χ2v) is 8.41. The maximum Gasteiger partial charge on any atom is 0.241 e. The molecule has 0 saturated heterocycles. The van der Waals surface area contributed by atoms with Crippen LogP contribution in [0.1, 0.15) is 44.6 Å². The third-order valence-electron chi connectivity index (χ3n) is 4.43. The van der Waals surface area contributed by atoms with Crippen molar-refractivity contribution in [3.05, 3.63) is 28.2 Å². The van der Waals surface area contributed by atoms with Crippen LogP contribution >= 0.6 is 15.9 Å². The molecule has 0 atom stereocenters. The zero-order chi connectivity index (χ0) is 14.8. The Hall–Kier alpha value is -0.390. The molecule has 1 N–H and O–H groups in total. The van der Waals surface area contributed by atoms with Gasteiger partial charge in [0.2, 0.25) is 10.0 Å². The van der Waals surface area contributed by atoms with E-state index in [2.05, 4.69) is 27.6 Å². The van der Waals surface area contributed by atoms with Crippen molar-refractivity contribution in [2.75, 3.05) is 6.54 Å². The topological polar surface area (TPSA) is 46.2 Å². The van der Waals surface area contributed by atoms with Crippen LogP contribution < -0.4 is 4.72 Å². The summed E-state index contributed by atoms with van der Waals surface area (Å²) in [5, 5.41) is 0. The molecule has 0 heterocycles. The molecule has 0 amide bonds. The molecule has 5 heteroatoms. The van der Waals surface area contributed by atoms with E-state index in [0.717, 1.165) is 24.8 Å². The largest absolute Gasteiger partial charge is 0.241 e. The number of aryl methyl sites for hydroxylation is 1. The maximum absolute atomic E-state index is 12.4. The molecular weight excluding hydrogens is 338 g/mol. The van der Waals surface area contributed by atoms with E-state index in [1.54, 1.807) is 6.07 Å². The molecule has 1 fully saturated rings. The molecule has 0 bridgehead atoms. The Labute approximate surface area is 130 Å². The average molecular weight is 360 g/mol. The molecule has 0 aromatic heterocycles. The predicted octanol–water partition coefficient (Wildman–Crippen LogP) is 4.01. The number of rotatable bonds is 5. The molecule has 0 unspecified atom stereocenters. The highest BCUT2D eigenvalue weighted by Crippen LogP contribution is 2.40. The van der Waals surface area contributed by atoms with Gasteiger partial charge in [-0.25, -0.2) is 13.1 Å². The second kappa shape index (κ2) is 6.16. The fourth-order valence-electron chi connectivity index (χ4n) is 2.93. The van der Waals surface area contributed by atoms with E-state index >= 15 is 0 Å². The molecule has 20 heavy (non-hydrogen) atoms. The van der Waals surface area contributed by atoms with E-state index in [1.165, 1.54) is 12.8 Å². The Kier molecular flexibility index (Phi) is 4.92. The number of hydrogen-bond donors (Lipinski definition) is 1. The van der Waals surface area contributed by atoms with Crippen LogP contribution in [0.5, 0.6) is 0 Å². The molecule has 0 radical (unpaired) electrons. The van der Waals surface area contributed by atoms with Crippen molar-refractivity contribution in [1.82, 2.24) is 4.72 Å². The van der Waals surface area contributed by atoms with Gasteiger partial charge in [-0.05, 0) is 65.2 Å². The van der Waals surface area contributed by atoms with Gasteiger partial charge in [-0.3, -0.25) is 0 Å². The van der Waals surface area contributed by atoms with Crippen LogP contribution in [0.3, 0.4) is 0 Å².